The Hall–Kier alpha value is -0.670. The molecule has 0 fully saturated rings. The first-order chi connectivity index (χ1) is 6.63. The molecule has 2 unspecified atom stereocenters. The molecule has 14 heavy (non-hydrogen) atoms. The standard InChI is InChI=1S/C11H17NOS/c1-3-10(12)8-14(13)11-6-4-9(2)5-7-11/h4-7,10H,3,8,12H2,1-2H3. The van der Waals surface area contributed by atoms with E-state index < -0.39 is 10.8 Å². The molecule has 0 aliphatic rings. The third-order valence-electron chi connectivity index (χ3n) is 2.17. The van der Waals surface area contributed by atoms with Crippen LogP contribution < -0.4 is 5.73 Å². The van der Waals surface area contributed by atoms with Crippen molar-refractivity contribution in [2.75, 3.05) is 5.75 Å². The van der Waals surface area contributed by atoms with Crippen molar-refractivity contribution in [3.05, 3.63) is 29.8 Å². The third kappa shape index (κ3) is 3.24. The minimum atomic E-state index is -0.947. The summed E-state index contributed by atoms with van der Waals surface area (Å²) in [4.78, 5) is 0.875. The van der Waals surface area contributed by atoms with E-state index in [9.17, 15) is 4.21 Å². The maximum Gasteiger partial charge on any atom is 0.0545 e. The Labute approximate surface area is 88.0 Å². The molecular weight excluding hydrogens is 194 g/mol. The lowest BCUT2D eigenvalue weighted by Gasteiger charge is -2.08. The van der Waals surface area contributed by atoms with Crippen LogP contribution in [0.1, 0.15) is 18.9 Å². The second-order valence-corrected chi connectivity index (χ2v) is 4.99. The van der Waals surface area contributed by atoms with E-state index in [2.05, 4.69) is 0 Å². The fourth-order valence-electron chi connectivity index (χ4n) is 1.10. The summed E-state index contributed by atoms with van der Waals surface area (Å²) in [5.41, 5.74) is 6.93. The van der Waals surface area contributed by atoms with Crippen LogP contribution >= 0.6 is 0 Å². The van der Waals surface area contributed by atoms with E-state index in [0.29, 0.717) is 5.75 Å². The van der Waals surface area contributed by atoms with Crippen molar-refractivity contribution in [1.29, 1.82) is 0 Å². The van der Waals surface area contributed by atoms with Crippen LogP contribution in [-0.4, -0.2) is 16.0 Å². The fourth-order valence-corrected chi connectivity index (χ4v) is 2.36. The van der Waals surface area contributed by atoms with Gasteiger partial charge in [-0.25, -0.2) is 0 Å². The number of hydrogen-bond donors (Lipinski definition) is 1. The van der Waals surface area contributed by atoms with Crippen LogP contribution in [-0.2, 0) is 10.8 Å². The summed E-state index contributed by atoms with van der Waals surface area (Å²) in [6.45, 7) is 4.03. The predicted octanol–water partition coefficient (Wildman–Crippen LogP) is 1.84. The highest BCUT2D eigenvalue weighted by Gasteiger charge is 2.07. The maximum absolute atomic E-state index is 11.8. The van der Waals surface area contributed by atoms with E-state index in [1.54, 1.807) is 0 Å². The molecule has 1 rings (SSSR count). The van der Waals surface area contributed by atoms with Crippen molar-refractivity contribution in [3.63, 3.8) is 0 Å². The van der Waals surface area contributed by atoms with E-state index in [4.69, 9.17) is 5.73 Å². The molecule has 2 atom stereocenters. The van der Waals surface area contributed by atoms with E-state index in [-0.39, 0.29) is 6.04 Å². The van der Waals surface area contributed by atoms with Crippen molar-refractivity contribution < 1.29 is 4.21 Å². The number of aryl methyl sites for hydroxylation is 1. The maximum atomic E-state index is 11.8. The molecule has 0 amide bonds. The molecule has 1 aromatic carbocycles. The first kappa shape index (κ1) is 11.4. The molecule has 0 bridgehead atoms. The Morgan fingerprint density at radius 2 is 1.93 bits per heavy atom. The van der Waals surface area contributed by atoms with Gasteiger partial charge in [0.05, 0.1) is 10.8 Å². The van der Waals surface area contributed by atoms with Gasteiger partial charge < -0.3 is 5.73 Å². The van der Waals surface area contributed by atoms with Crippen LogP contribution in [0.4, 0.5) is 0 Å². The van der Waals surface area contributed by atoms with E-state index in [1.165, 1.54) is 5.56 Å². The Bertz CT molecular complexity index is 308. The van der Waals surface area contributed by atoms with Crippen LogP contribution in [0.3, 0.4) is 0 Å². The lowest BCUT2D eigenvalue weighted by Crippen LogP contribution is -2.25. The van der Waals surface area contributed by atoms with Crippen molar-refractivity contribution in [2.24, 2.45) is 5.73 Å². The summed E-state index contributed by atoms with van der Waals surface area (Å²) >= 11 is 0. The number of hydrogen-bond acceptors (Lipinski definition) is 2. The topological polar surface area (TPSA) is 43.1 Å². The zero-order valence-corrected chi connectivity index (χ0v) is 9.51. The highest BCUT2D eigenvalue weighted by molar-refractivity contribution is 7.85. The summed E-state index contributed by atoms with van der Waals surface area (Å²) < 4.78 is 11.8. The largest absolute Gasteiger partial charge is 0.327 e. The molecule has 0 saturated heterocycles. The molecule has 0 heterocycles. The zero-order chi connectivity index (χ0) is 10.6. The van der Waals surface area contributed by atoms with Gasteiger partial charge in [0.25, 0.3) is 0 Å². The van der Waals surface area contributed by atoms with Crippen molar-refractivity contribution in [2.45, 2.75) is 31.2 Å². The lowest BCUT2D eigenvalue weighted by molar-refractivity contribution is 0.663. The lowest BCUT2D eigenvalue weighted by atomic mass is 10.2. The molecule has 0 aliphatic heterocycles. The molecule has 78 valence electrons. The van der Waals surface area contributed by atoms with Crippen LogP contribution in [0.2, 0.25) is 0 Å². The molecule has 2 N–H and O–H groups in total. The summed E-state index contributed by atoms with van der Waals surface area (Å²) in [5.74, 6) is 0.555. The summed E-state index contributed by atoms with van der Waals surface area (Å²) in [7, 11) is -0.947. The molecule has 2 nitrogen and oxygen atoms in total. The first-order valence-corrected chi connectivity index (χ1v) is 6.16. The van der Waals surface area contributed by atoms with Gasteiger partial charge in [-0.2, -0.15) is 0 Å². The van der Waals surface area contributed by atoms with E-state index in [1.807, 2.05) is 38.1 Å². The average Bonchev–Trinajstić information content (AvgIpc) is 2.18. The van der Waals surface area contributed by atoms with E-state index >= 15 is 0 Å². The quantitative estimate of drug-likeness (QED) is 0.825. The number of benzene rings is 1. The molecule has 0 radical (unpaired) electrons. The van der Waals surface area contributed by atoms with Gasteiger partial charge in [-0.15, -0.1) is 0 Å². The second-order valence-electron chi connectivity index (χ2n) is 3.49. The van der Waals surface area contributed by atoms with Crippen LogP contribution in [0, 0.1) is 6.92 Å². The molecule has 1 aromatic rings. The summed E-state index contributed by atoms with van der Waals surface area (Å²) in [6.07, 6.45) is 0.873. The number of rotatable bonds is 4. The molecule has 3 heteroatoms. The second kappa shape index (κ2) is 5.27. The highest BCUT2D eigenvalue weighted by Crippen LogP contribution is 2.09. The van der Waals surface area contributed by atoms with Gasteiger partial charge in [-0.3, -0.25) is 4.21 Å². The normalized spacial score (nSPS) is 15.1. The Morgan fingerprint density at radius 3 is 2.43 bits per heavy atom. The summed E-state index contributed by atoms with van der Waals surface area (Å²) in [5, 5.41) is 0. The van der Waals surface area contributed by atoms with Gasteiger partial charge in [0.15, 0.2) is 0 Å². The van der Waals surface area contributed by atoms with Crippen LogP contribution in [0.5, 0.6) is 0 Å². The molecule has 0 saturated carbocycles. The minimum Gasteiger partial charge on any atom is -0.327 e. The zero-order valence-electron chi connectivity index (χ0n) is 8.69. The SMILES string of the molecule is CCC(N)CS(=O)c1ccc(C)cc1. The van der Waals surface area contributed by atoms with Gasteiger partial charge in [0.1, 0.15) is 0 Å². The average molecular weight is 211 g/mol. The van der Waals surface area contributed by atoms with Crippen molar-refractivity contribution >= 4 is 10.8 Å². The third-order valence-corrected chi connectivity index (χ3v) is 3.70. The molecule has 0 aliphatic carbocycles. The van der Waals surface area contributed by atoms with Gasteiger partial charge in [0.2, 0.25) is 0 Å². The van der Waals surface area contributed by atoms with Crippen molar-refractivity contribution in [1.82, 2.24) is 0 Å². The number of nitrogens with two attached hydrogens (primary N) is 1. The Kier molecular flexibility index (Phi) is 4.29. The monoisotopic (exact) mass is 211 g/mol. The molecule has 0 aromatic heterocycles. The first-order valence-electron chi connectivity index (χ1n) is 4.84. The van der Waals surface area contributed by atoms with Crippen molar-refractivity contribution in [3.8, 4) is 0 Å². The smallest absolute Gasteiger partial charge is 0.0545 e. The Morgan fingerprint density at radius 1 is 1.36 bits per heavy atom. The highest BCUT2D eigenvalue weighted by atomic mass is 32.2. The van der Waals surface area contributed by atoms with Crippen LogP contribution in [0.15, 0.2) is 29.2 Å². The molecular formula is C11H17NOS. The van der Waals surface area contributed by atoms with E-state index in [0.717, 1.165) is 11.3 Å². The Balaban J connectivity index is 2.65. The molecule has 0 spiro atoms. The van der Waals surface area contributed by atoms with Gasteiger partial charge in [0, 0.05) is 16.7 Å². The minimum absolute atomic E-state index is 0.0390. The fraction of sp³-hybridized carbons (Fsp3) is 0.455. The summed E-state index contributed by atoms with van der Waals surface area (Å²) in [6, 6.07) is 7.81. The van der Waals surface area contributed by atoms with Gasteiger partial charge >= 0.3 is 0 Å². The predicted molar refractivity (Wildman–Crippen MR) is 60.7 cm³/mol. The van der Waals surface area contributed by atoms with Gasteiger partial charge in [-0.1, -0.05) is 24.6 Å². The van der Waals surface area contributed by atoms with Gasteiger partial charge in [-0.05, 0) is 25.5 Å². The van der Waals surface area contributed by atoms with Crippen LogP contribution in [0.25, 0.3) is 0 Å².